The second kappa shape index (κ2) is 6.19. The van der Waals surface area contributed by atoms with E-state index in [1.54, 1.807) is 13.8 Å². The zero-order valence-electron chi connectivity index (χ0n) is 14.6. The zero-order chi connectivity index (χ0) is 17.3. The summed E-state index contributed by atoms with van der Waals surface area (Å²) < 4.78 is 32.3. The molecule has 1 aliphatic heterocycles. The number of sulfonamides is 1. The normalized spacial score (nSPS) is 24.5. The van der Waals surface area contributed by atoms with Crippen molar-refractivity contribution in [2.75, 3.05) is 0 Å². The van der Waals surface area contributed by atoms with Crippen LogP contribution in [0.15, 0.2) is 42.3 Å². The van der Waals surface area contributed by atoms with Crippen molar-refractivity contribution >= 4 is 10.0 Å². The van der Waals surface area contributed by atoms with Gasteiger partial charge in [-0.15, -0.1) is 0 Å². The highest BCUT2D eigenvalue weighted by Crippen LogP contribution is 2.38. The topological polar surface area (TPSA) is 55.4 Å². The Bertz CT molecular complexity index is 675. The number of ether oxygens (including phenoxy) is 1. The molecule has 2 rings (SSSR count). The summed E-state index contributed by atoms with van der Waals surface area (Å²) in [6, 6.07) is 10.3. The van der Waals surface area contributed by atoms with Gasteiger partial charge >= 0.3 is 0 Å². The minimum absolute atomic E-state index is 0.342. The van der Waals surface area contributed by atoms with Crippen molar-refractivity contribution in [1.82, 2.24) is 4.72 Å². The highest BCUT2D eigenvalue weighted by molar-refractivity contribution is 7.91. The van der Waals surface area contributed by atoms with E-state index in [-0.39, 0.29) is 0 Å². The molecule has 0 aliphatic carbocycles. The Balaban J connectivity index is 2.04. The lowest BCUT2D eigenvalue weighted by atomic mass is 9.93. The van der Waals surface area contributed by atoms with E-state index in [0.717, 1.165) is 12.8 Å². The van der Waals surface area contributed by atoms with Crippen LogP contribution in [0.5, 0.6) is 0 Å². The smallest absolute Gasteiger partial charge is 0.244 e. The first kappa shape index (κ1) is 17.9. The molecule has 1 N–H and O–H groups in total. The van der Waals surface area contributed by atoms with Crippen molar-refractivity contribution in [2.24, 2.45) is 0 Å². The van der Waals surface area contributed by atoms with Crippen LogP contribution in [0, 0.1) is 0 Å². The van der Waals surface area contributed by atoms with E-state index in [4.69, 9.17) is 4.74 Å². The summed E-state index contributed by atoms with van der Waals surface area (Å²) in [7, 11) is -3.46. The van der Waals surface area contributed by atoms with Crippen molar-refractivity contribution in [2.45, 2.75) is 63.7 Å². The Kier molecular flexibility index (Phi) is 4.81. The van der Waals surface area contributed by atoms with Gasteiger partial charge in [0, 0.05) is 0 Å². The van der Waals surface area contributed by atoms with Crippen molar-refractivity contribution in [3.63, 3.8) is 0 Å². The fraction of sp³-hybridized carbons (Fsp3) is 0.556. The van der Waals surface area contributed by atoms with Gasteiger partial charge in [0.25, 0.3) is 0 Å². The Hall–Kier alpha value is -1.49. The molecule has 1 heterocycles. The minimum Gasteiger partial charge on any atom is -0.471 e. The third-order valence-electron chi connectivity index (χ3n) is 5.02. The number of allylic oxidation sites excluding steroid dienone is 1. The molecule has 0 aromatic heterocycles. The van der Waals surface area contributed by atoms with Gasteiger partial charge in [-0.3, -0.25) is 4.72 Å². The molecule has 0 bridgehead atoms. The number of rotatable bonds is 4. The summed E-state index contributed by atoms with van der Waals surface area (Å²) in [5, 5.41) is 0. The molecule has 1 aliphatic rings. The van der Waals surface area contributed by atoms with E-state index in [9.17, 15) is 8.42 Å². The summed E-state index contributed by atoms with van der Waals surface area (Å²) in [6.45, 7) is 9.16. The standard InChI is InChI=1S/C18H27NO3S/c1-14(15-11-7-6-8-12-15)10-9-13-16-19-23(20,21)18(4,5)17(2,3)22-16/h6-8,11-14,19H,9-10H2,1-5H3/b16-13-. The molecule has 23 heavy (non-hydrogen) atoms. The van der Waals surface area contributed by atoms with Gasteiger partial charge < -0.3 is 4.74 Å². The monoisotopic (exact) mass is 337 g/mol. The number of hydrogen-bond acceptors (Lipinski definition) is 3. The first-order chi connectivity index (χ1) is 10.6. The maximum absolute atomic E-state index is 12.4. The third-order valence-corrected chi connectivity index (χ3v) is 7.32. The summed E-state index contributed by atoms with van der Waals surface area (Å²) in [5.41, 5.74) is 0.506. The van der Waals surface area contributed by atoms with Gasteiger partial charge in [-0.25, -0.2) is 8.42 Å². The summed E-state index contributed by atoms with van der Waals surface area (Å²) in [4.78, 5) is 0. The number of hydrogen-bond donors (Lipinski definition) is 1. The first-order valence-electron chi connectivity index (χ1n) is 8.03. The van der Waals surface area contributed by atoms with Crippen LogP contribution in [0.25, 0.3) is 0 Å². The highest BCUT2D eigenvalue weighted by atomic mass is 32.2. The average Bonchev–Trinajstić information content (AvgIpc) is 2.45. The lowest BCUT2D eigenvalue weighted by Gasteiger charge is -2.45. The molecule has 1 saturated heterocycles. The highest BCUT2D eigenvalue weighted by Gasteiger charge is 2.53. The second-order valence-corrected chi connectivity index (χ2v) is 9.42. The quantitative estimate of drug-likeness (QED) is 0.906. The Morgan fingerprint density at radius 1 is 1.17 bits per heavy atom. The van der Waals surface area contributed by atoms with E-state index < -0.39 is 20.4 Å². The molecular weight excluding hydrogens is 310 g/mol. The Morgan fingerprint density at radius 2 is 1.78 bits per heavy atom. The van der Waals surface area contributed by atoms with E-state index >= 15 is 0 Å². The lowest BCUT2D eigenvalue weighted by Crippen LogP contribution is -2.61. The van der Waals surface area contributed by atoms with Crippen LogP contribution >= 0.6 is 0 Å². The Morgan fingerprint density at radius 3 is 2.35 bits per heavy atom. The molecule has 1 fully saturated rings. The van der Waals surface area contributed by atoms with E-state index in [0.29, 0.717) is 11.8 Å². The van der Waals surface area contributed by atoms with Gasteiger partial charge in [0.1, 0.15) is 10.3 Å². The van der Waals surface area contributed by atoms with Gasteiger partial charge in [0.05, 0.1) is 0 Å². The van der Waals surface area contributed by atoms with Crippen molar-refractivity contribution in [3.8, 4) is 0 Å². The molecule has 1 unspecified atom stereocenters. The lowest BCUT2D eigenvalue weighted by molar-refractivity contribution is -0.0102. The largest absolute Gasteiger partial charge is 0.471 e. The van der Waals surface area contributed by atoms with E-state index in [2.05, 4.69) is 23.8 Å². The molecule has 0 amide bonds. The molecule has 0 radical (unpaired) electrons. The van der Waals surface area contributed by atoms with Crippen molar-refractivity contribution in [3.05, 3.63) is 47.9 Å². The van der Waals surface area contributed by atoms with Crippen LogP contribution in [0.2, 0.25) is 0 Å². The van der Waals surface area contributed by atoms with Crippen molar-refractivity contribution in [1.29, 1.82) is 0 Å². The van der Waals surface area contributed by atoms with Gasteiger partial charge in [-0.05, 0) is 58.1 Å². The van der Waals surface area contributed by atoms with Crippen LogP contribution in [0.1, 0.15) is 58.9 Å². The maximum atomic E-state index is 12.4. The van der Waals surface area contributed by atoms with Crippen LogP contribution in [-0.2, 0) is 14.8 Å². The molecule has 128 valence electrons. The molecular formula is C18H27NO3S. The fourth-order valence-corrected chi connectivity index (χ4v) is 3.83. The van der Waals surface area contributed by atoms with Gasteiger partial charge in [-0.2, -0.15) is 0 Å². The molecule has 1 atom stereocenters. The minimum atomic E-state index is -3.46. The second-order valence-electron chi connectivity index (χ2n) is 7.19. The summed E-state index contributed by atoms with van der Waals surface area (Å²) in [5.74, 6) is 0.757. The summed E-state index contributed by atoms with van der Waals surface area (Å²) in [6.07, 6.45) is 3.53. The van der Waals surface area contributed by atoms with Crippen LogP contribution in [0.3, 0.4) is 0 Å². The van der Waals surface area contributed by atoms with Crippen LogP contribution in [-0.4, -0.2) is 18.8 Å². The average molecular weight is 337 g/mol. The number of nitrogens with one attached hydrogen (secondary N) is 1. The third kappa shape index (κ3) is 3.55. The van der Waals surface area contributed by atoms with Crippen LogP contribution < -0.4 is 4.72 Å². The Labute approximate surface area is 140 Å². The van der Waals surface area contributed by atoms with Crippen molar-refractivity contribution < 1.29 is 13.2 Å². The predicted molar refractivity (Wildman–Crippen MR) is 93.5 cm³/mol. The van der Waals surface area contributed by atoms with Gasteiger partial charge in [0.2, 0.25) is 10.0 Å². The zero-order valence-corrected chi connectivity index (χ0v) is 15.4. The number of benzene rings is 1. The SMILES string of the molecule is CC(CC/C=C1/NS(=O)(=O)C(C)(C)C(C)(C)O1)c1ccccc1. The molecule has 0 saturated carbocycles. The molecule has 1 aromatic carbocycles. The first-order valence-corrected chi connectivity index (χ1v) is 9.51. The molecule has 4 nitrogen and oxygen atoms in total. The van der Waals surface area contributed by atoms with Gasteiger partial charge in [0.15, 0.2) is 5.88 Å². The van der Waals surface area contributed by atoms with Gasteiger partial charge in [-0.1, -0.05) is 37.3 Å². The van der Waals surface area contributed by atoms with E-state index in [1.165, 1.54) is 5.56 Å². The van der Waals surface area contributed by atoms with Crippen LogP contribution in [0.4, 0.5) is 0 Å². The molecule has 1 aromatic rings. The predicted octanol–water partition coefficient (Wildman–Crippen LogP) is 3.92. The molecule has 5 heteroatoms. The van der Waals surface area contributed by atoms with E-state index in [1.807, 2.05) is 38.1 Å². The fourth-order valence-electron chi connectivity index (χ4n) is 2.50. The molecule has 0 spiro atoms. The maximum Gasteiger partial charge on any atom is 0.244 e. The summed E-state index contributed by atoms with van der Waals surface area (Å²) >= 11 is 0.